The Bertz CT molecular complexity index is 1160. The smallest absolute Gasteiger partial charge is 0.301 e. The average Bonchev–Trinajstić information content (AvgIpc) is 3.43. The number of hydrogen-bond acceptors (Lipinski definition) is 8. The molecular weight excluding hydrogens is 396 g/mol. The Kier molecular flexibility index (Phi) is 5.13. The lowest BCUT2D eigenvalue weighted by Gasteiger charge is -2.01. The van der Waals surface area contributed by atoms with E-state index in [9.17, 15) is 4.79 Å². The number of azo groups is 1. The van der Waals surface area contributed by atoms with E-state index >= 15 is 0 Å². The maximum absolute atomic E-state index is 12.8. The molecule has 0 saturated carbocycles. The fourth-order valence-corrected chi connectivity index (χ4v) is 3.93. The molecule has 0 amide bonds. The zero-order chi connectivity index (χ0) is 19.5. The van der Waals surface area contributed by atoms with Crippen molar-refractivity contribution < 1.29 is 4.74 Å². The van der Waals surface area contributed by atoms with Crippen LogP contribution in [0.15, 0.2) is 56.2 Å². The second kappa shape index (κ2) is 7.87. The number of thiazole rings is 2. The standard InChI is InChI=1S/C18H16N6O2S2/c1-3-26-13-6-4-12(5-7-13)21-22-15-11(2)23-24(17(15)25)18-20-14(10-28-18)16-19-8-9-27-16/h4-10,23H,3H2,1-2H3. The number of nitrogens with one attached hydrogen (secondary N) is 1. The topological polar surface area (TPSA) is 97.5 Å². The number of H-pyrrole nitrogens is 1. The van der Waals surface area contributed by atoms with E-state index in [4.69, 9.17) is 4.74 Å². The largest absolute Gasteiger partial charge is 0.494 e. The van der Waals surface area contributed by atoms with Crippen molar-refractivity contribution in [2.24, 2.45) is 10.2 Å². The normalized spacial score (nSPS) is 11.4. The maximum atomic E-state index is 12.8. The number of nitrogens with zero attached hydrogens (tertiary/aromatic N) is 5. The second-order valence-electron chi connectivity index (χ2n) is 5.71. The van der Waals surface area contributed by atoms with Gasteiger partial charge in [0.15, 0.2) is 5.69 Å². The average molecular weight is 413 g/mol. The van der Waals surface area contributed by atoms with E-state index in [1.165, 1.54) is 27.4 Å². The summed E-state index contributed by atoms with van der Waals surface area (Å²) in [7, 11) is 0. The predicted octanol–water partition coefficient (Wildman–Crippen LogP) is 4.87. The lowest BCUT2D eigenvalue weighted by Crippen LogP contribution is -2.13. The van der Waals surface area contributed by atoms with Gasteiger partial charge in [0.1, 0.15) is 16.5 Å². The number of aromatic amines is 1. The fraction of sp³-hybridized carbons (Fsp3) is 0.167. The van der Waals surface area contributed by atoms with Gasteiger partial charge < -0.3 is 4.74 Å². The summed E-state index contributed by atoms with van der Waals surface area (Å²) in [4.78, 5) is 21.5. The monoisotopic (exact) mass is 412 g/mol. The van der Waals surface area contributed by atoms with Crippen LogP contribution in [0.3, 0.4) is 0 Å². The maximum Gasteiger partial charge on any atom is 0.301 e. The molecule has 8 nitrogen and oxygen atoms in total. The fourth-order valence-electron chi connectivity index (χ4n) is 2.49. The summed E-state index contributed by atoms with van der Waals surface area (Å²) in [6.07, 6.45) is 1.73. The summed E-state index contributed by atoms with van der Waals surface area (Å²) in [5.41, 5.74) is 1.94. The minimum atomic E-state index is -0.299. The molecule has 0 spiro atoms. The third kappa shape index (κ3) is 3.64. The molecule has 0 aliphatic carbocycles. The molecule has 4 rings (SSSR count). The van der Waals surface area contributed by atoms with Crippen LogP contribution < -0.4 is 10.3 Å². The van der Waals surface area contributed by atoms with Crippen molar-refractivity contribution in [2.75, 3.05) is 6.61 Å². The summed E-state index contributed by atoms with van der Waals surface area (Å²) in [6, 6.07) is 7.21. The first kappa shape index (κ1) is 18.3. The van der Waals surface area contributed by atoms with E-state index in [1.807, 2.05) is 29.8 Å². The zero-order valence-corrected chi connectivity index (χ0v) is 16.8. The molecule has 4 aromatic rings. The zero-order valence-electron chi connectivity index (χ0n) is 15.1. The molecule has 0 aliphatic rings. The van der Waals surface area contributed by atoms with Crippen molar-refractivity contribution in [1.29, 1.82) is 0 Å². The van der Waals surface area contributed by atoms with E-state index in [1.54, 1.807) is 25.3 Å². The van der Waals surface area contributed by atoms with Gasteiger partial charge in [-0.3, -0.25) is 9.89 Å². The SMILES string of the molecule is CCOc1ccc(N=Nc2c(C)[nH]n(-c3nc(-c4nccs4)cs3)c2=O)cc1. The Hall–Kier alpha value is -3.11. The van der Waals surface area contributed by atoms with E-state index in [2.05, 4.69) is 25.3 Å². The third-order valence-electron chi connectivity index (χ3n) is 3.79. The minimum absolute atomic E-state index is 0.250. The third-order valence-corrected chi connectivity index (χ3v) is 5.41. The summed E-state index contributed by atoms with van der Waals surface area (Å²) in [6.45, 7) is 4.30. The summed E-state index contributed by atoms with van der Waals surface area (Å²) >= 11 is 2.86. The lowest BCUT2D eigenvalue weighted by molar-refractivity contribution is 0.340. The highest BCUT2D eigenvalue weighted by molar-refractivity contribution is 7.14. The molecule has 0 saturated heterocycles. The Labute approximate surface area is 168 Å². The van der Waals surface area contributed by atoms with Gasteiger partial charge in [0.2, 0.25) is 5.13 Å². The van der Waals surface area contributed by atoms with E-state index in [0.717, 1.165) is 16.5 Å². The highest BCUT2D eigenvalue weighted by Gasteiger charge is 2.16. The molecule has 28 heavy (non-hydrogen) atoms. The molecular formula is C18H16N6O2S2. The van der Waals surface area contributed by atoms with Crippen molar-refractivity contribution in [3.63, 3.8) is 0 Å². The van der Waals surface area contributed by atoms with Crippen LogP contribution in [0.25, 0.3) is 15.8 Å². The van der Waals surface area contributed by atoms with Crippen LogP contribution in [0.5, 0.6) is 5.75 Å². The Balaban J connectivity index is 1.60. The van der Waals surface area contributed by atoms with Gasteiger partial charge in [-0.1, -0.05) is 0 Å². The highest BCUT2D eigenvalue weighted by Crippen LogP contribution is 2.26. The molecule has 0 atom stereocenters. The van der Waals surface area contributed by atoms with E-state index in [0.29, 0.717) is 23.1 Å². The summed E-state index contributed by atoms with van der Waals surface area (Å²) in [5.74, 6) is 0.765. The minimum Gasteiger partial charge on any atom is -0.494 e. The highest BCUT2D eigenvalue weighted by atomic mass is 32.1. The molecule has 0 bridgehead atoms. The van der Waals surface area contributed by atoms with Crippen molar-refractivity contribution in [3.05, 3.63) is 57.3 Å². The summed E-state index contributed by atoms with van der Waals surface area (Å²) in [5, 5.41) is 16.4. The first-order valence-electron chi connectivity index (χ1n) is 8.47. The number of hydrogen-bond donors (Lipinski definition) is 1. The van der Waals surface area contributed by atoms with Crippen molar-refractivity contribution >= 4 is 34.0 Å². The number of rotatable bonds is 6. The number of aromatic nitrogens is 4. The van der Waals surface area contributed by atoms with Gasteiger partial charge in [-0.15, -0.1) is 27.8 Å². The van der Waals surface area contributed by atoms with Crippen LogP contribution in [0, 0.1) is 6.92 Å². The van der Waals surface area contributed by atoms with Crippen LogP contribution in [0.2, 0.25) is 0 Å². The van der Waals surface area contributed by atoms with Gasteiger partial charge in [0, 0.05) is 17.0 Å². The van der Waals surface area contributed by atoms with Gasteiger partial charge in [0.25, 0.3) is 0 Å². The first-order chi connectivity index (χ1) is 13.7. The van der Waals surface area contributed by atoms with Crippen LogP contribution in [0.4, 0.5) is 11.4 Å². The number of aryl methyl sites for hydroxylation is 1. The van der Waals surface area contributed by atoms with Crippen molar-refractivity contribution in [2.45, 2.75) is 13.8 Å². The van der Waals surface area contributed by atoms with Gasteiger partial charge in [0.05, 0.1) is 18.0 Å². The molecule has 0 fully saturated rings. The van der Waals surface area contributed by atoms with Crippen LogP contribution in [-0.2, 0) is 0 Å². The molecule has 3 aromatic heterocycles. The van der Waals surface area contributed by atoms with E-state index in [-0.39, 0.29) is 11.2 Å². The van der Waals surface area contributed by atoms with Crippen molar-refractivity contribution in [3.8, 4) is 21.6 Å². The molecule has 142 valence electrons. The predicted molar refractivity (Wildman–Crippen MR) is 110 cm³/mol. The van der Waals surface area contributed by atoms with Crippen molar-refractivity contribution in [1.82, 2.24) is 19.7 Å². The van der Waals surface area contributed by atoms with Gasteiger partial charge >= 0.3 is 5.56 Å². The summed E-state index contributed by atoms with van der Waals surface area (Å²) < 4.78 is 6.78. The van der Waals surface area contributed by atoms with Gasteiger partial charge in [-0.05, 0) is 38.1 Å². The molecule has 1 N–H and O–H groups in total. The quantitative estimate of drug-likeness (QED) is 0.457. The van der Waals surface area contributed by atoms with Gasteiger partial charge in [-0.25, -0.2) is 9.97 Å². The van der Waals surface area contributed by atoms with Gasteiger partial charge in [-0.2, -0.15) is 9.80 Å². The number of benzene rings is 1. The number of ether oxygens (including phenoxy) is 1. The van der Waals surface area contributed by atoms with Crippen LogP contribution in [-0.4, -0.2) is 26.4 Å². The Morgan fingerprint density at radius 2 is 2.04 bits per heavy atom. The molecule has 1 aromatic carbocycles. The Morgan fingerprint density at radius 3 is 2.75 bits per heavy atom. The Morgan fingerprint density at radius 1 is 1.21 bits per heavy atom. The lowest BCUT2D eigenvalue weighted by atomic mass is 10.3. The molecule has 0 aliphatic heterocycles. The molecule has 0 radical (unpaired) electrons. The van der Waals surface area contributed by atoms with Crippen LogP contribution >= 0.6 is 22.7 Å². The molecule has 10 heteroatoms. The molecule has 0 unspecified atom stereocenters. The second-order valence-corrected chi connectivity index (χ2v) is 7.44. The van der Waals surface area contributed by atoms with E-state index < -0.39 is 0 Å². The first-order valence-corrected chi connectivity index (χ1v) is 10.2. The molecule has 3 heterocycles. The van der Waals surface area contributed by atoms with Crippen LogP contribution in [0.1, 0.15) is 12.6 Å².